The van der Waals surface area contributed by atoms with E-state index >= 15 is 0 Å². The average molecular weight is 596 g/mol. The van der Waals surface area contributed by atoms with Crippen LogP contribution >= 0.6 is 39.1 Å². The number of nitrogens with zero attached hydrogens (tertiary/aromatic N) is 1. The molecule has 7 nitrogen and oxygen atoms in total. The lowest BCUT2D eigenvalue weighted by Crippen LogP contribution is -2.14. The number of nitriles is 1. The first-order valence-corrected chi connectivity index (χ1v) is 12.8. The van der Waals surface area contributed by atoms with E-state index in [0.29, 0.717) is 5.56 Å². The standard InChI is InChI=1S/C24H17BrCl2N2O5S/c1-14-6-8-17(9-7-14)35(31,32)34-23-18(25)11-15(12-21(23)33-2)10-16(13-28)24(30)29-20-5-3-4-19(26)22(20)27/h3-12H,1-2H3,(H,29,30)/b16-10+. The Morgan fingerprint density at radius 2 is 1.83 bits per heavy atom. The van der Waals surface area contributed by atoms with Gasteiger partial charge in [-0.3, -0.25) is 4.79 Å². The molecule has 1 amide bonds. The van der Waals surface area contributed by atoms with Gasteiger partial charge >= 0.3 is 10.1 Å². The summed E-state index contributed by atoms with van der Waals surface area (Å²) in [4.78, 5) is 12.6. The third-order valence-corrected chi connectivity index (χ3v) is 7.27. The molecule has 3 aromatic rings. The first-order chi connectivity index (χ1) is 16.6. The van der Waals surface area contributed by atoms with Crippen molar-refractivity contribution in [2.45, 2.75) is 11.8 Å². The molecular weight excluding hydrogens is 579 g/mol. The zero-order valence-electron chi connectivity index (χ0n) is 18.3. The second-order valence-electron chi connectivity index (χ2n) is 7.11. The molecule has 0 radical (unpaired) electrons. The summed E-state index contributed by atoms with van der Waals surface area (Å²) in [5.41, 5.74) is 1.27. The maximum Gasteiger partial charge on any atom is 0.339 e. The lowest BCUT2D eigenvalue weighted by molar-refractivity contribution is -0.112. The van der Waals surface area contributed by atoms with Crippen molar-refractivity contribution in [2.24, 2.45) is 0 Å². The van der Waals surface area contributed by atoms with Gasteiger partial charge < -0.3 is 14.2 Å². The van der Waals surface area contributed by atoms with Crippen molar-refractivity contribution in [3.63, 3.8) is 0 Å². The molecule has 0 saturated carbocycles. The quantitative estimate of drug-likeness (QED) is 0.193. The maximum absolute atomic E-state index is 12.7. The molecule has 35 heavy (non-hydrogen) atoms. The molecule has 0 atom stereocenters. The van der Waals surface area contributed by atoms with Gasteiger partial charge in [0.05, 0.1) is 27.3 Å². The van der Waals surface area contributed by atoms with E-state index in [1.54, 1.807) is 30.3 Å². The lowest BCUT2D eigenvalue weighted by atomic mass is 10.1. The number of ether oxygens (including phenoxy) is 1. The summed E-state index contributed by atoms with van der Waals surface area (Å²) in [5, 5.41) is 12.4. The number of amides is 1. The number of carbonyl (C=O) groups excluding carboxylic acids is 1. The molecule has 1 N–H and O–H groups in total. The Bertz CT molecular complexity index is 1470. The smallest absolute Gasteiger partial charge is 0.339 e. The molecule has 0 aliphatic carbocycles. The summed E-state index contributed by atoms with van der Waals surface area (Å²) in [6.45, 7) is 1.84. The summed E-state index contributed by atoms with van der Waals surface area (Å²) >= 11 is 15.3. The fraction of sp³-hybridized carbons (Fsp3) is 0.0833. The molecule has 0 aromatic heterocycles. The third kappa shape index (κ3) is 6.35. The Kier molecular flexibility index (Phi) is 8.46. The Morgan fingerprint density at radius 3 is 2.46 bits per heavy atom. The maximum atomic E-state index is 12.7. The zero-order valence-corrected chi connectivity index (χ0v) is 22.2. The molecule has 0 heterocycles. The van der Waals surface area contributed by atoms with Crippen LogP contribution in [0.5, 0.6) is 11.5 Å². The minimum Gasteiger partial charge on any atom is -0.493 e. The Labute approximate surface area is 221 Å². The first kappa shape index (κ1) is 26.6. The van der Waals surface area contributed by atoms with E-state index < -0.39 is 16.0 Å². The normalized spacial score (nSPS) is 11.5. The van der Waals surface area contributed by atoms with Crippen LogP contribution in [-0.4, -0.2) is 21.4 Å². The number of carbonyl (C=O) groups is 1. The van der Waals surface area contributed by atoms with Crippen LogP contribution in [0.2, 0.25) is 10.0 Å². The molecule has 0 unspecified atom stereocenters. The molecule has 11 heteroatoms. The highest BCUT2D eigenvalue weighted by atomic mass is 79.9. The first-order valence-electron chi connectivity index (χ1n) is 9.81. The van der Waals surface area contributed by atoms with E-state index in [0.717, 1.165) is 5.56 Å². The molecule has 180 valence electrons. The van der Waals surface area contributed by atoms with Gasteiger partial charge in [-0.2, -0.15) is 13.7 Å². The van der Waals surface area contributed by atoms with Gasteiger partial charge in [0.25, 0.3) is 5.91 Å². The van der Waals surface area contributed by atoms with E-state index in [-0.39, 0.29) is 42.2 Å². The van der Waals surface area contributed by atoms with E-state index in [1.807, 2.05) is 13.0 Å². The van der Waals surface area contributed by atoms with Crippen LogP contribution < -0.4 is 14.2 Å². The van der Waals surface area contributed by atoms with Crippen molar-refractivity contribution in [1.82, 2.24) is 0 Å². The van der Waals surface area contributed by atoms with Crippen LogP contribution in [0.4, 0.5) is 5.69 Å². The highest BCUT2D eigenvalue weighted by molar-refractivity contribution is 9.10. The van der Waals surface area contributed by atoms with Gasteiger partial charge in [0, 0.05) is 0 Å². The average Bonchev–Trinajstić information content (AvgIpc) is 2.82. The number of anilines is 1. The summed E-state index contributed by atoms with van der Waals surface area (Å²) in [5.74, 6) is -0.732. The minimum atomic E-state index is -4.15. The zero-order chi connectivity index (χ0) is 25.8. The number of hydrogen-bond donors (Lipinski definition) is 1. The van der Waals surface area contributed by atoms with E-state index in [1.165, 1.54) is 37.5 Å². The number of nitrogens with one attached hydrogen (secondary N) is 1. The molecule has 0 spiro atoms. The van der Waals surface area contributed by atoms with Crippen LogP contribution in [0, 0.1) is 18.3 Å². The van der Waals surface area contributed by atoms with Crippen molar-refractivity contribution in [3.05, 3.63) is 85.8 Å². The van der Waals surface area contributed by atoms with Crippen LogP contribution in [0.15, 0.2) is 69.5 Å². The van der Waals surface area contributed by atoms with Gasteiger partial charge in [-0.25, -0.2) is 0 Å². The van der Waals surface area contributed by atoms with Crippen molar-refractivity contribution in [2.75, 3.05) is 12.4 Å². The summed E-state index contributed by atoms with van der Waals surface area (Å²) in [6, 6.07) is 15.6. The summed E-state index contributed by atoms with van der Waals surface area (Å²) in [6.07, 6.45) is 1.30. The van der Waals surface area contributed by atoms with Gasteiger partial charge in [0.1, 0.15) is 16.5 Å². The Morgan fingerprint density at radius 1 is 1.14 bits per heavy atom. The van der Waals surface area contributed by atoms with Crippen LogP contribution in [0.1, 0.15) is 11.1 Å². The van der Waals surface area contributed by atoms with E-state index in [2.05, 4.69) is 21.2 Å². The molecule has 3 rings (SSSR count). The van der Waals surface area contributed by atoms with Gasteiger partial charge in [-0.05, 0) is 70.9 Å². The van der Waals surface area contributed by atoms with Crippen molar-refractivity contribution in [1.29, 1.82) is 5.26 Å². The third-order valence-electron chi connectivity index (χ3n) is 4.63. The Hall–Kier alpha value is -3.03. The molecule has 0 aliphatic rings. The number of methoxy groups -OCH3 is 1. The van der Waals surface area contributed by atoms with Gasteiger partial charge in [0.2, 0.25) is 0 Å². The van der Waals surface area contributed by atoms with Crippen LogP contribution in [0.3, 0.4) is 0 Å². The van der Waals surface area contributed by atoms with Crippen LogP contribution in [0.25, 0.3) is 6.08 Å². The number of benzene rings is 3. The molecule has 0 fully saturated rings. The van der Waals surface area contributed by atoms with Gasteiger partial charge in [0.15, 0.2) is 11.5 Å². The number of halogens is 3. The number of aryl methyl sites for hydroxylation is 1. The van der Waals surface area contributed by atoms with E-state index in [9.17, 15) is 18.5 Å². The SMILES string of the molecule is COc1cc(/C=C(\C#N)C(=O)Nc2cccc(Cl)c2Cl)cc(Br)c1OS(=O)(=O)c1ccc(C)cc1. The molecule has 0 aliphatic heterocycles. The van der Waals surface area contributed by atoms with Crippen LogP contribution in [-0.2, 0) is 14.9 Å². The molecular formula is C24H17BrCl2N2O5S. The topological polar surface area (TPSA) is 105 Å². The highest BCUT2D eigenvalue weighted by Crippen LogP contribution is 2.39. The number of rotatable bonds is 7. The largest absolute Gasteiger partial charge is 0.493 e. The fourth-order valence-corrected chi connectivity index (χ4v) is 4.82. The fourth-order valence-electron chi connectivity index (χ4n) is 2.87. The second kappa shape index (κ2) is 11.1. The predicted molar refractivity (Wildman–Crippen MR) is 138 cm³/mol. The number of hydrogen-bond acceptors (Lipinski definition) is 6. The minimum absolute atomic E-state index is 0.0239. The highest BCUT2D eigenvalue weighted by Gasteiger charge is 2.22. The monoisotopic (exact) mass is 594 g/mol. The summed E-state index contributed by atoms with van der Waals surface area (Å²) < 4.78 is 36.3. The van der Waals surface area contributed by atoms with Crippen molar-refractivity contribution < 1.29 is 22.1 Å². The molecule has 0 saturated heterocycles. The second-order valence-corrected chi connectivity index (χ2v) is 10.3. The molecule has 3 aromatic carbocycles. The van der Waals surface area contributed by atoms with Crippen molar-refractivity contribution >= 4 is 66.9 Å². The Balaban J connectivity index is 1.92. The molecule has 0 bridgehead atoms. The van der Waals surface area contributed by atoms with E-state index in [4.69, 9.17) is 32.1 Å². The lowest BCUT2D eigenvalue weighted by Gasteiger charge is -2.14. The van der Waals surface area contributed by atoms with Gasteiger partial charge in [-0.1, -0.05) is 47.0 Å². The van der Waals surface area contributed by atoms with Crippen molar-refractivity contribution in [3.8, 4) is 17.6 Å². The summed E-state index contributed by atoms with van der Waals surface area (Å²) in [7, 11) is -2.81. The predicted octanol–water partition coefficient (Wildman–Crippen LogP) is 6.39. The van der Waals surface area contributed by atoms with Gasteiger partial charge in [-0.15, -0.1) is 0 Å².